The topological polar surface area (TPSA) is 40.5 Å². The second-order valence-electron chi connectivity index (χ2n) is 5.18. The molecule has 0 aliphatic carbocycles. The maximum Gasteiger partial charge on any atom is 0.303 e. The Balaban J connectivity index is 2.79. The van der Waals surface area contributed by atoms with Gasteiger partial charge in [-0.25, -0.2) is 8.78 Å². The molecule has 0 spiro atoms. The molecule has 0 amide bonds. The third-order valence-electron chi connectivity index (χ3n) is 3.39. The molecule has 5 heteroatoms. The minimum Gasteiger partial charge on any atom is -0.481 e. The molecule has 1 aromatic rings. The summed E-state index contributed by atoms with van der Waals surface area (Å²) in [5.74, 6) is -2.54. The van der Waals surface area contributed by atoms with Crippen LogP contribution in [0.5, 0.6) is 0 Å². The number of benzene rings is 1. The van der Waals surface area contributed by atoms with Crippen molar-refractivity contribution in [2.75, 3.05) is 6.54 Å². The monoisotopic (exact) mass is 285 g/mol. The van der Waals surface area contributed by atoms with E-state index in [2.05, 4.69) is 4.90 Å². The molecule has 0 radical (unpaired) electrons. The maximum atomic E-state index is 13.3. The van der Waals surface area contributed by atoms with Gasteiger partial charge in [0.2, 0.25) is 0 Å². The lowest BCUT2D eigenvalue weighted by Crippen LogP contribution is -2.34. The van der Waals surface area contributed by atoms with Gasteiger partial charge in [-0.1, -0.05) is 6.07 Å². The minimum absolute atomic E-state index is 0.0982. The summed E-state index contributed by atoms with van der Waals surface area (Å²) in [7, 11) is 0. The quantitative estimate of drug-likeness (QED) is 0.832. The zero-order valence-corrected chi connectivity index (χ0v) is 12.1. The molecule has 0 bridgehead atoms. The van der Waals surface area contributed by atoms with Crippen LogP contribution in [0.4, 0.5) is 8.78 Å². The molecule has 1 N–H and O–H groups in total. The van der Waals surface area contributed by atoms with E-state index in [4.69, 9.17) is 5.11 Å². The Hall–Kier alpha value is -1.49. The highest BCUT2D eigenvalue weighted by Gasteiger charge is 2.19. The molecule has 3 nitrogen and oxygen atoms in total. The molecular weight excluding hydrogens is 264 g/mol. The average Bonchev–Trinajstić information content (AvgIpc) is 2.36. The Labute approximate surface area is 118 Å². The highest BCUT2D eigenvalue weighted by Crippen LogP contribution is 2.24. The zero-order valence-electron chi connectivity index (χ0n) is 12.1. The smallest absolute Gasteiger partial charge is 0.303 e. The fourth-order valence-electron chi connectivity index (χ4n) is 2.28. The van der Waals surface area contributed by atoms with Crippen LogP contribution in [0.25, 0.3) is 0 Å². The minimum atomic E-state index is -0.858. The third-order valence-corrected chi connectivity index (χ3v) is 3.39. The predicted molar refractivity (Wildman–Crippen MR) is 73.5 cm³/mol. The van der Waals surface area contributed by atoms with Gasteiger partial charge in [0.25, 0.3) is 0 Å². The number of rotatable bonds is 7. The van der Waals surface area contributed by atoms with Gasteiger partial charge in [-0.05, 0) is 51.4 Å². The fourth-order valence-corrected chi connectivity index (χ4v) is 2.28. The first kappa shape index (κ1) is 16.6. The van der Waals surface area contributed by atoms with Gasteiger partial charge in [0.15, 0.2) is 11.6 Å². The van der Waals surface area contributed by atoms with Crippen LogP contribution in [0.3, 0.4) is 0 Å². The summed E-state index contributed by atoms with van der Waals surface area (Å²) in [6, 6.07) is 3.98. The molecule has 1 atom stereocenters. The summed E-state index contributed by atoms with van der Waals surface area (Å²) in [6.45, 7) is 6.51. The fraction of sp³-hybridized carbons (Fsp3) is 0.533. The Morgan fingerprint density at radius 2 is 1.90 bits per heavy atom. The van der Waals surface area contributed by atoms with E-state index in [1.54, 1.807) is 6.07 Å². The molecule has 0 fully saturated rings. The SMILES string of the molecule is CC(C)N(CCCC(=O)O)C(C)c1ccc(F)c(F)c1. The van der Waals surface area contributed by atoms with E-state index < -0.39 is 17.6 Å². The van der Waals surface area contributed by atoms with E-state index in [0.717, 1.165) is 6.07 Å². The van der Waals surface area contributed by atoms with Gasteiger partial charge < -0.3 is 5.11 Å². The number of carboxylic acids is 1. The van der Waals surface area contributed by atoms with Gasteiger partial charge in [-0.2, -0.15) is 0 Å². The van der Waals surface area contributed by atoms with Crippen LogP contribution >= 0.6 is 0 Å². The Bertz CT molecular complexity index is 463. The highest BCUT2D eigenvalue weighted by atomic mass is 19.2. The van der Waals surface area contributed by atoms with Crippen molar-refractivity contribution in [3.05, 3.63) is 35.4 Å². The summed E-state index contributed by atoms with van der Waals surface area (Å²) >= 11 is 0. The lowest BCUT2D eigenvalue weighted by atomic mass is 10.0. The van der Waals surface area contributed by atoms with Crippen LogP contribution in [0, 0.1) is 11.6 Å². The number of carboxylic acid groups (broad SMARTS) is 1. The van der Waals surface area contributed by atoms with E-state index >= 15 is 0 Å². The summed E-state index contributed by atoms with van der Waals surface area (Å²) in [4.78, 5) is 12.6. The van der Waals surface area contributed by atoms with Crippen molar-refractivity contribution in [1.82, 2.24) is 4.90 Å². The molecule has 20 heavy (non-hydrogen) atoms. The maximum absolute atomic E-state index is 13.3. The van der Waals surface area contributed by atoms with Crippen LogP contribution in [0.15, 0.2) is 18.2 Å². The van der Waals surface area contributed by atoms with Crippen LogP contribution in [-0.2, 0) is 4.79 Å². The van der Waals surface area contributed by atoms with Crippen molar-refractivity contribution in [1.29, 1.82) is 0 Å². The number of halogens is 2. The number of aliphatic carboxylic acids is 1. The summed E-state index contributed by atoms with van der Waals surface area (Å²) < 4.78 is 26.3. The van der Waals surface area contributed by atoms with Gasteiger partial charge in [-0.3, -0.25) is 9.69 Å². The first-order chi connectivity index (χ1) is 9.32. The summed E-state index contributed by atoms with van der Waals surface area (Å²) in [5, 5.41) is 8.68. The second-order valence-corrected chi connectivity index (χ2v) is 5.18. The van der Waals surface area contributed by atoms with Gasteiger partial charge in [0.1, 0.15) is 0 Å². The Kier molecular flexibility index (Phi) is 6.07. The van der Waals surface area contributed by atoms with Crippen molar-refractivity contribution in [3.63, 3.8) is 0 Å². The molecule has 0 heterocycles. The van der Waals surface area contributed by atoms with Crippen molar-refractivity contribution >= 4 is 5.97 Å². The third kappa shape index (κ3) is 4.56. The van der Waals surface area contributed by atoms with Gasteiger partial charge in [-0.15, -0.1) is 0 Å². The van der Waals surface area contributed by atoms with Crippen LogP contribution in [0.2, 0.25) is 0 Å². The normalized spacial score (nSPS) is 12.9. The number of nitrogens with zero attached hydrogens (tertiary/aromatic N) is 1. The van der Waals surface area contributed by atoms with Gasteiger partial charge in [0, 0.05) is 18.5 Å². The number of hydrogen-bond donors (Lipinski definition) is 1. The van der Waals surface area contributed by atoms with E-state index in [0.29, 0.717) is 18.5 Å². The lowest BCUT2D eigenvalue weighted by molar-refractivity contribution is -0.137. The van der Waals surface area contributed by atoms with E-state index in [9.17, 15) is 13.6 Å². The van der Waals surface area contributed by atoms with Crippen molar-refractivity contribution in [3.8, 4) is 0 Å². The molecule has 0 aliphatic heterocycles. The van der Waals surface area contributed by atoms with Gasteiger partial charge >= 0.3 is 5.97 Å². The standard InChI is InChI=1S/C15H21F2NO2/c1-10(2)18(8-4-5-15(19)20)11(3)12-6-7-13(16)14(17)9-12/h6-7,9-11H,4-5,8H2,1-3H3,(H,19,20). The first-order valence-corrected chi connectivity index (χ1v) is 6.75. The Morgan fingerprint density at radius 3 is 2.40 bits per heavy atom. The second kappa shape index (κ2) is 7.33. The van der Waals surface area contributed by atoms with Crippen molar-refractivity contribution in [2.45, 2.75) is 45.7 Å². The number of carbonyl (C=O) groups is 1. The largest absolute Gasteiger partial charge is 0.481 e. The Morgan fingerprint density at radius 1 is 1.25 bits per heavy atom. The molecular formula is C15H21F2NO2. The number of hydrogen-bond acceptors (Lipinski definition) is 2. The van der Waals surface area contributed by atoms with E-state index in [1.165, 1.54) is 6.07 Å². The highest BCUT2D eigenvalue weighted by molar-refractivity contribution is 5.66. The van der Waals surface area contributed by atoms with Crippen molar-refractivity contribution in [2.24, 2.45) is 0 Å². The zero-order chi connectivity index (χ0) is 15.3. The molecule has 1 unspecified atom stereocenters. The molecule has 0 saturated carbocycles. The van der Waals surface area contributed by atoms with Crippen LogP contribution in [0.1, 0.15) is 45.2 Å². The first-order valence-electron chi connectivity index (χ1n) is 6.75. The van der Waals surface area contributed by atoms with Crippen LogP contribution < -0.4 is 0 Å². The predicted octanol–water partition coefficient (Wildman–Crippen LogP) is 3.60. The lowest BCUT2D eigenvalue weighted by Gasteiger charge is -2.33. The summed E-state index contributed by atoms with van der Waals surface area (Å²) in [6.07, 6.45) is 0.634. The molecule has 1 rings (SSSR count). The summed E-state index contributed by atoms with van der Waals surface area (Å²) in [5.41, 5.74) is 0.688. The van der Waals surface area contributed by atoms with Crippen molar-refractivity contribution < 1.29 is 18.7 Å². The van der Waals surface area contributed by atoms with Gasteiger partial charge in [0.05, 0.1) is 0 Å². The average molecular weight is 285 g/mol. The molecule has 0 aliphatic rings. The molecule has 112 valence electrons. The molecule has 0 saturated heterocycles. The van der Waals surface area contributed by atoms with Crippen LogP contribution in [-0.4, -0.2) is 28.6 Å². The molecule has 0 aromatic heterocycles. The van der Waals surface area contributed by atoms with E-state index in [-0.39, 0.29) is 18.5 Å². The van der Waals surface area contributed by atoms with E-state index in [1.807, 2.05) is 20.8 Å². The molecule has 1 aromatic carbocycles.